The molecule has 0 spiro atoms. The molecule has 1 aromatic rings. The maximum Gasteiger partial charge on any atom is 0.126 e. The Hall–Kier alpha value is -0.830. The van der Waals surface area contributed by atoms with E-state index in [1.54, 1.807) is 0 Å². The predicted molar refractivity (Wildman–Crippen MR) is 66.2 cm³/mol. The lowest BCUT2D eigenvalue weighted by Crippen LogP contribution is -2.36. The lowest BCUT2D eigenvalue weighted by molar-refractivity contribution is 0.214. The Balaban J connectivity index is 2.26. The summed E-state index contributed by atoms with van der Waals surface area (Å²) in [6.45, 7) is 5.59. The SMILES string of the molecule is CCNC(c1nccn1C)C1(C)CCCC1. The Labute approximate surface area is 98.3 Å². The Morgan fingerprint density at radius 3 is 2.69 bits per heavy atom. The molecule has 0 aliphatic heterocycles. The fraction of sp³-hybridized carbons (Fsp3) is 0.769. The zero-order valence-corrected chi connectivity index (χ0v) is 10.7. The molecular formula is C13H23N3. The molecule has 16 heavy (non-hydrogen) atoms. The molecule has 0 radical (unpaired) electrons. The lowest BCUT2D eigenvalue weighted by Gasteiger charge is -2.34. The molecule has 1 aliphatic rings. The number of nitrogens with zero attached hydrogens (tertiary/aromatic N) is 2. The fourth-order valence-electron chi connectivity index (χ4n) is 2.98. The third kappa shape index (κ3) is 2.01. The standard InChI is InChI=1S/C13H23N3/c1-4-14-11(12-15-9-10-16(12)3)13(2)7-5-6-8-13/h9-11,14H,4-8H2,1-3H3. The van der Waals surface area contributed by atoms with Crippen molar-refractivity contribution >= 4 is 0 Å². The monoisotopic (exact) mass is 221 g/mol. The van der Waals surface area contributed by atoms with Crippen LogP contribution in [0.25, 0.3) is 0 Å². The quantitative estimate of drug-likeness (QED) is 0.847. The summed E-state index contributed by atoms with van der Waals surface area (Å²) in [4.78, 5) is 4.52. The highest BCUT2D eigenvalue weighted by Crippen LogP contribution is 2.46. The number of imidazole rings is 1. The molecule has 1 heterocycles. The van der Waals surface area contributed by atoms with Gasteiger partial charge in [0.05, 0.1) is 6.04 Å². The Kier molecular flexibility index (Phi) is 3.33. The molecule has 0 aromatic carbocycles. The molecule has 0 bridgehead atoms. The normalized spacial score (nSPS) is 21.2. The van der Waals surface area contributed by atoms with Gasteiger partial charge in [0.2, 0.25) is 0 Å². The first kappa shape index (κ1) is 11.6. The highest BCUT2D eigenvalue weighted by molar-refractivity contribution is 5.06. The molecule has 1 aliphatic carbocycles. The van der Waals surface area contributed by atoms with Gasteiger partial charge in [0.15, 0.2) is 0 Å². The first-order valence-corrected chi connectivity index (χ1v) is 6.38. The average molecular weight is 221 g/mol. The lowest BCUT2D eigenvalue weighted by atomic mass is 9.80. The van der Waals surface area contributed by atoms with Gasteiger partial charge in [-0.2, -0.15) is 0 Å². The molecule has 0 saturated heterocycles. The van der Waals surface area contributed by atoms with Crippen molar-refractivity contribution in [3.63, 3.8) is 0 Å². The molecule has 3 nitrogen and oxygen atoms in total. The Morgan fingerprint density at radius 2 is 2.19 bits per heavy atom. The van der Waals surface area contributed by atoms with Crippen LogP contribution in [-0.2, 0) is 7.05 Å². The first-order chi connectivity index (χ1) is 7.67. The maximum absolute atomic E-state index is 4.52. The summed E-state index contributed by atoms with van der Waals surface area (Å²) in [7, 11) is 2.09. The summed E-state index contributed by atoms with van der Waals surface area (Å²) < 4.78 is 2.15. The summed E-state index contributed by atoms with van der Waals surface area (Å²) in [6, 6.07) is 0.403. The first-order valence-electron chi connectivity index (χ1n) is 6.38. The molecule has 3 heteroatoms. The van der Waals surface area contributed by atoms with Crippen LogP contribution in [0.3, 0.4) is 0 Å². The molecule has 2 rings (SSSR count). The minimum atomic E-state index is 0.384. The molecule has 1 saturated carbocycles. The van der Waals surface area contributed by atoms with Crippen molar-refractivity contribution in [1.82, 2.24) is 14.9 Å². The van der Waals surface area contributed by atoms with Crippen LogP contribution in [0.15, 0.2) is 12.4 Å². The van der Waals surface area contributed by atoms with E-state index in [-0.39, 0.29) is 0 Å². The smallest absolute Gasteiger partial charge is 0.126 e. The largest absolute Gasteiger partial charge is 0.337 e. The van der Waals surface area contributed by atoms with Gasteiger partial charge in [-0.1, -0.05) is 26.7 Å². The second-order valence-corrected chi connectivity index (χ2v) is 5.25. The van der Waals surface area contributed by atoms with Gasteiger partial charge in [0, 0.05) is 19.4 Å². The summed E-state index contributed by atoms with van der Waals surface area (Å²) in [5, 5.41) is 3.62. The second kappa shape index (κ2) is 4.58. The molecule has 1 atom stereocenters. The third-order valence-electron chi connectivity index (χ3n) is 3.97. The van der Waals surface area contributed by atoms with Crippen LogP contribution in [0.4, 0.5) is 0 Å². The number of nitrogens with one attached hydrogen (secondary N) is 1. The van der Waals surface area contributed by atoms with Crippen molar-refractivity contribution in [3.8, 4) is 0 Å². The van der Waals surface area contributed by atoms with Gasteiger partial charge >= 0.3 is 0 Å². The van der Waals surface area contributed by atoms with Gasteiger partial charge < -0.3 is 9.88 Å². The van der Waals surface area contributed by atoms with Crippen LogP contribution >= 0.6 is 0 Å². The van der Waals surface area contributed by atoms with Gasteiger partial charge in [0.25, 0.3) is 0 Å². The van der Waals surface area contributed by atoms with Crippen LogP contribution in [0.1, 0.15) is 51.4 Å². The molecule has 1 aromatic heterocycles. The Morgan fingerprint density at radius 1 is 1.50 bits per heavy atom. The van der Waals surface area contributed by atoms with Gasteiger partial charge in [-0.25, -0.2) is 4.98 Å². The topological polar surface area (TPSA) is 29.9 Å². The average Bonchev–Trinajstić information content (AvgIpc) is 2.85. The van der Waals surface area contributed by atoms with Crippen molar-refractivity contribution in [2.24, 2.45) is 12.5 Å². The van der Waals surface area contributed by atoms with Crippen LogP contribution in [0.5, 0.6) is 0 Å². The predicted octanol–water partition coefficient (Wildman–Crippen LogP) is 2.65. The van der Waals surface area contributed by atoms with E-state index in [0.717, 1.165) is 6.54 Å². The summed E-state index contributed by atoms with van der Waals surface area (Å²) >= 11 is 0. The number of hydrogen-bond donors (Lipinski definition) is 1. The van der Waals surface area contributed by atoms with Gasteiger partial charge in [-0.05, 0) is 24.8 Å². The minimum absolute atomic E-state index is 0.384. The molecule has 1 unspecified atom stereocenters. The van der Waals surface area contributed by atoms with Crippen molar-refractivity contribution < 1.29 is 0 Å². The van der Waals surface area contributed by atoms with Crippen molar-refractivity contribution in [2.45, 2.75) is 45.6 Å². The van der Waals surface area contributed by atoms with Crippen LogP contribution in [0, 0.1) is 5.41 Å². The molecule has 1 fully saturated rings. The highest BCUT2D eigenvalue weighted by Gasteiger charge is 2.39. The molecule has 0 amide bonds. The van der Waals surface area contributed by atoms with E-state index in [2.05, 4.69) is 35.8 Å². The maximum atomic E-state index is 4.52. The molecule has 90 valence electrons. The van der Waals surface area contributed by atoms with Crippen LogP contribution in [-0.4, -0.2) is 16.1 Å². The van der Waals surface area contributed by atoms with Crippen LogP contribution < -0.4 is 5.32 Å². The number of aromatic nitrogens is 2. The zero-order chi connectivity index (χ0) is 11.6. The fourth-order valence-corrected chi connectivity index (χ4v) is 2.98. The summed E-state index contributed by atoms with van der Waals surface area (Å²) in [5.41, 5.74) is 0.384. The van der Waals surface area contributed by atoms with E-state index in [9.17, 15) is 0 Å². The highest BCUT2D eigenvalue weighted by atomic mass is 15.1. The second-order valence-electron chi connectivity index (χ2n) is 5.25. The summed E-state index contributed by atoms with van der Waals surface area (Å²) in [5.74, 6) is 1.19. The van der Waals surface area contributed by atoms with E-state index >= 15 is 0 Å². The number of aryl methyl sites for hydroxylation is 1. The van der Waals surface area contributed by atoms with E-state index in [1.807, 2.05) is 12.4 Å². The van der Waals surface area contributed by atoms with Crippen LogP contribution in [0.2, 0.25) is 0 Å². The molecule has 1 N–H and O–H groups in total. The third-order valence-corrected chi connectivity index (χ3v) is 3.97. The van der Waals surface area contributed by atoms with Gasteiger partial charge in [-0.15, -0.1) is 0 Å². The summed E-state index contributed by atoms with van der Waals surface area (Å²) in [6.07, 6.45) is 9.30. The van der Waals surface area contributed by atoms with Crippen molar-refractivity contribution in [3.05, 3.63) is 18.2 Å². The van der Waals surface area contributed by atoms with E-state index in [0.29, 0.717) is 11.5 Å². The van der Waals surface area contributed by atoms with Gasteiger partial charge in [-0.3, -0.25) is 0 Å². The van der Waals surface area contributed by atoms with Crippen molar-refractivity contribution in [1.29, 1.82) is 0 Å². The van der Waals surface area contributed by atoms with E-state index in [4.69, 9.17) is 0 Å². The van der Waals surface area contributed by atoms with Crippen molar-refractivity contribution in [2.75, 3.05) is 6.54 Å². The van der Waals surface area contributed by atoms with E-state index in [1.165, 1.54) is 31.5 Å². The molecular weight excluding hydrogens is 198 g/mol. The minimum Gasteiger partial charge on any atom is -0.337 e. The zero-order valence-electron chi connectivity index (χ0n) is 10.7. The Bertz CT molecular complexity index is 337. The van der Waals surface area contributed by atoms with Gasteiger partial charge in [0.1, 0.15) is 5.82 Å². The number of rotatable bonds is 4. The number of hydrogen-bond acceptors (Lipinski definition) is 2. The van der Waals surface area contributed by atoms with E-state index < -0.39 is 0 Å².